The molecule has 0 aliphatic carbocycles. The Morgan fingerprint density at radius 2 is 1.95 bits per heavy atom. The summed E-state index contributed by atoms with van der Waals surface area (Å²) in [6.07, 6.45) is 2.18. The molecule has 3 nitrogen and oxygen atoms in total. The van der Waals surface area contributed by atoms with Gasteiger partial charge in [0, 0.05) is 24.2 Å². The van der Waals surface area contributed by atoms with Gasteiger partial charge >= 0.3 is 0 Å². The zero-order valence-corrected chi connectivity index (χ0v) is 12.1. The Kier molecular flexibility index (Phi) is 5.07. The van der Waals surface area contributed by atoms with Gasteiger partial charge in [0.1, 0.15) is 11.6 Å². The number of nitrogens with two attached hydrogens (primary N) is 1. The molecule has 2 N–H and O–H groups in total. The predicted octanol–water partition coefficient (Wildman–Crippen LogP) is 1.99. The maximum Gasteiger partial charge on any atom is 0.128 e. The molecule has 0 bridgehead atoms. The van der Waals surface area contributed by atoms with E-state index in [1.807, 2.05) is 0 Å². The van der Waals surface area contributed by atoms with Crippen LogP contribution in [-0.4, -0.2) is 49.6 Å². The topological polar surface area (TPSA) is 32.5 Å². The number of hydrogen-bond acceptors (Lipinski definition) is 3. The average Bonchev–Trinajstić information content (AvgIpc) is 2.42. The minimum Gasteiger partial charge on any atom is -0.323 e. The van der Waals surface area contributed by atoms with E-state index in [4.69, 9.17) is 5.73 Å². The first-order chi connectivity index (χ1) is 9.47. The van der Waals surface area contributed by atoms with Gasteiger partial charge in [0.05, 0.1) is 0 Å². The summed E-state index contributed by atoms with van der Waals surface area (Å²) in [7, 11) is 4.18. The quantitative estimate of drug-likeness (QED) is 0.917. The molecule has 0 radical (unpaired) electrons. The van der Waals surface area contributed by atoms with E-state index in [1.165, 1.54) is 6.07 Å². The van der Waals surface area contributed by atoms with Gasteiger partial charge < -0.3 is 15.5 Å². The third-order valence-corrected chi connectivity index (χ3v) is 4.10. The molecule has 1 unspecified atom stereocenters. The first kappa shape index (κ1) is 15.4. The SMILES string of the molecule is CN(C)C1CCN(CC(N)c2cc(F)ccc2F)CC1. The van der Waals surface area contributed by atoms with Crippen LogP contribution in [0.25, 0.3) is 0 Å². The van der Waals surface area contributed by atoms with Crippen LogP contribution in [0.2, 0.25) is 0 Å². The van der Waals surface area contributed by atoms with Crippen LogP contribution in [0, 0.1) is 11.6 Å². The highest BCUT2D eigenvalue weighted by Gasteiger charge is 2.23. The molecule has 1 saturated heterocycles. The second kappa shape index (κ2) is 6.61. The van der Waals surface area contributed by atoms with E-state index < -0.39 is 17.7 Å². The number of benzene rings is 1. The molecule has 1 atom stereocenters. The Morgan fingerprint density at radius 3 is 2.55 bits per heavy atom. The summed E-state index contributed by atoms with van der Waals surface area (Å²) in [5.74, 6) is -0.870. The molecular weight excluding hydrogens is 260 g/mol. The van der Waals surface area contributed by atoms with E-state index in [1.54, 1.807) is 0 Å². The van der Waals surface area contributed by atoms with E-state index in [9.17, 15) is 8.78 Å². The van der Waals surface area contributed by atoms with Gasteiger partial charge in [-0.2, -0.15) is 0 Å². The smallest absolute Gasteiger partial charge is 0.128 e. The van der Waals surface area contributed by atoms with Crippen molar-refractivity contribution in [2.24, 2.45) is 5.73 Å². The van der Waals surface area contributed by atoms with E-state index in [-0.39, 0.29) is 5.56 Å². The summed E-state index contributed by atoms with van der Waals surface area (Å²) in [6.45, 7) is 2.47. The average molecular weight is 283 g/mol. The largest absolute Gasteiger partial charge is 0.323 e. The third kappa shape index (κ3) is 3.75. The second-order valence-corrected chi connectivity index (χ2v) is 5.77. The molecule has 0 amide bonds. The fourth-order valence-corrected chi connectivity index (χ4v) is 2.79. The Hall–Kier alpha value is -1.04. The summed E-state index contributed by atoms with van der Waals surface area (Å²) < 4.78 is 26.9. The van der Waals surface area contributed by atoms with Crippen LogP contribution in [0.5, 0.6) is 0 Å². The summed E-state index contributed by atoms with van der Waals surface area (Å²) in [5.41, 5.74) is 6.29. The molecule has 0 saturated carbocycles. The molecule has 20 heavy (non-hydrogen) atoms. The lowest BCUT2D eigenvalue weighted by Crippen LogP contribution is -2.44. The molecule has 5 heteroatoms. The van der Waals surface area contributed by atoms with Gasteiger partial charge in [-0.1, -0.05) is 0 Å². The molecular formula is C15H23F2N3. The van der Waals surface area contributed by atoms with Gasteiger partial charge in [-0.3, -0.25) is 0 Å². The maximum atomic E-state index is 13.7. The zero-order valence-electron chi connectivity index (χ0n) is 12.1. The minimum atomic E-state index is -0.485. The molecule has 1 aromatic carbocycles. The Morgan fingerprint density at radius 1 is 1.30 bits per heavy atom. The lowest BCUT2D eigenvalue weighted by atomic mass is 10.0. The van der Waals surface area contributed by atoms with Gasteiger partial charge in [0.25, 0.3) is 0 Å². The summed E-state index contributed by atoms with van der Waals surface area (Å²) >= 11 is 0. The van der Waals surface area contributed by atoms with Gasteiger partial charge in [-0.25, -0.2) is 8.78 Å². The van der Waals surface area contributed by atoms with Gasteiger partial charge in [0.15, 0.2) is 0 Å². The minimum absolute atomic E-state index is 0.264. The number of hydrogen-bond donors (Lipinski definition) is 1. The number of rotatable bonds is 4. The van der Waals surface area contributed by atoms with E-state index >= 15 is 0 Å². The second-order valence-electron chi connectivity index (χ2n) is 5.77. The van der Waals surface area contributed by atoms with E-state index in [0.717, 1.165) is 38.1 Å². The van der Waals surface area contributed by atoms with Crippen LogP contribution in [0.4, 0.5) is 8.78 Å². The first-order valence-electron chi connectivity index (χ1n) is 7.06. The highest BCUT2D eigenvalue weighted by Crippen LogP contribution is 2.20. The van der Waals surface area contributed by atoms with Crippen molar-refractivity contribution in [3.8, 4) is 0 Å². The summed E-state index contributed by atoms with van der Waals surface area (Å²) in [5, 5.41) is 0. The van der Waals surface area contributed by atoms with Gasteiger partial charge in [-0.05, 0) is 58.2 Å². The lowest BCUT2D eigenvalue weighted by molar-refractivity contribution is 0.139. The molecule has 2 rings (SSSR count). The normalized spacial score (nSPS) is 19.5. The van der Waals surface area contributed by atoms with Crippen molar-refractivity contribution >= 4 is 0 Å². The van der Waals surface area contributed by atoms with Crippen molar-refractivity contribution in [2.45, 2.75) is 24.9 Å². The van der Waals surface area contributed by atoms with Crippen molar-refractivity contribution in [1.29, 1.82) is 0 Å². The van der Waals surface area contributed by atoms with Gasteiger partial charge in [0.2, 0.25) is 0 Å². The molecule has 1 aromatic rings. The fourth-order valence-electron chi connectivity index (χ4n) is 2.79. The standard InChI is InChI=1S/C15H23F2N3/c1-19(2)12-5-7-20(8-6-12)10-15(18)13-9-11(16)3-4-14(13)17/h3-4,9,12,15H,5-8,10,18H2,1-2H3. The van der Waals surface area contributed by atoms with Crippen LogP contribution in [0.15, 0.2) is 18.2 Å². The van der Waals surface area contributed by atoms with E-state index in [2.05, 4.69) is 23.9 Å². The molecule has 0 aromatic heterocycles. The van der Waals surface area contributed by atoms with Crippen LogP contribution in [0.1, 0.15) is 24.4 Å². The molecule has 1 heterocycles. The van der Waals surface area contributed by atoms with E-state index in [0.29, 0.717) is 12.6 Å². The van der Waals surface area contributed by atoms with Crippen LogP contribution in [0.3, 0.4) is 0 Å². The zero-order chi connectivity index (χ0) is 14.7. The molecule has 1 aliphatic rings. The summed E-state index contributed by atoms with van der Waals surface area (Å²) in [6, 6.07) is 3.58. The van der Waals surface area contributed by atoms with Crippen molar-refractivity contribution in [3.63, 3.8) is 0 Å². The highest BCUT2D eigenvalue weighted by atomic mass is 19.1. The van der Waals surface area contributed by atoms with Crippen LogP contribution < -0.4 is 5.73 Å². The Bertz CT molecular complexity index is 443. The van der Waals surface area contributed by atoms with Crippen molar-refractivity contribution in [1.82, 2.24) is 9.80 Å². The number of nitrogens with zero attached hydrogens (tertiary/aromatic N) is 2. The van der Waals surface area contributed by atoms with Crippen molar-refractivity contribution < 1.29 is 8.78 Å². The summed E-state index contributed by atoms with van der Waals surface area (Å²) in [4.78, 5) is 4.47. The molecule has 0 spiro atoms. The lowest BCUT2D eigenvalue weighted by Gasteiger charge is -2.36. The number of piperidine rings is 1. The highest BCUT2D eigenvalue weighted by molar-refractivity contribution is 5.22. The number of likely N-dealkylation sites (tertiary alicyclic amines) is 1. The molecule has 1 aliphatic heterocycles. The van der Waals surface area contributed by atoms with Crippen LogP contribution >= 0.6 is 0 Å². The monoisotopic (exact) mass is 283 g/mol. The van der Waals surface area contributed by atoms with Crippen LogP contribution in [-0.2, 0) is 0 Å². The first-order valence-corrected chi connectivity index (χ1v) is 7.06. The molecule has 112 valence electrons. The maximum absolute atomic E-state index is 13.7. The fraction of sp³-hybridized carbons (Fsp3) is 0.600. The Balaban J connectivity index is 1.92. The predicted molar refractivity (Wildman–Crippen MR) is 76.4 cm³/mol. The van der Waals surface area contributed by atoms with Gasteiger partial charge in [-0.15, -0.1) is 0 Å². The third-order valence-electron chi connectivity index (χ3n) is 4.10. The molecule has 1 fully saturated rings. The van der Waals surface area contributed by atoms with Crippen molar-refractivity contribution in [2.75, 3.05) is 33.7 Å². The number of halogens is 2. The van der Waals surface area contributed by atoms with Crippen molar-refractivity contribution in [3.05, 3.63) is 35.4 Å². The Labute approximate surface area is 119 Å².